The topological polar surface area (TPSA) is 31.0 Å². The first kappa shape index (κ1) is 17.8. The maximum atomic E-state index is 6.03. The number of aromatic nitrogens is 2. The van der Waals surface area contributed by atoms with Crippen molar-refractivity contribution >= 4 is 0 Å². The van der Waals surface area contributed by atoms with E-state index in [-0.39, 0.29) is 5.41 Å². The van der Waals surface area contributed by atoms with Crippen molar-refractivity contribution in [1.29, 1.82) is 0 Å². The summed E-state index contributed by atoms with van der Waals surface area (Å²) >= 11 is 0. The van der Waals surface area contributed by atoms with Crippen LogP contribution in [0, 0.1) is 0 Å². The third-order valence-corrected chi connectivity index (χ3v) is 4.72. The minimum Gasteiger partial charge on any atom is -0.466 e. The summed E-state index contributed by atoms with van der Waals surface area (Å²) in [6.45, 7) is 15.6. The molecule has 0 aliphatic carbocycles. The van der Waals surface area contributed by atoms with Crippen molar-refractivity contribution in [3.05, 3.63) is 41.1 Å². The van der Waals surface area contributed by atoms with Crippen LogP contribution in [0.25, 0.3) is 0 Å². The van der Waals surface area contributed by atoms with Gasteiger partial charge in [-0.2, -0.15) is 5.10 Å². The van der Waals surface area contributed by atoms with Gasteiger partial charge in [0, 0.05) is 30.0 Å². The first-order valence-corrected chi connectivity index (χ1v) is 8.76. The van der Waals surface area contributed by atoms with Crippen LogP contribution < -0.4 is 0 Å². The highest BCUT2D eigenvalue weighted by Gasteiger charge is 2.29. The van der Waals surface area contributed by atoms with Gasteiger partial charge in [0.05, 0.1) is 5.69 Å². The van der Waals surface area contributed by atoms with Crippen molar-refractivity contribution in [1.82, 2.24) is 9.78 Å². The minimum absolute atomic E-state index is 0.0229. The Morgan fingerprint density at radius 2 is 1.65 bits per heavy atom. The molecule has 0 saturated carbocycles. The van der Waals surface area contributed by atoms with Gasteiger partial charge in [0.2, 0.25) is 0 Å². The summed E-state index contributed by atoms with van der Waals surface area (Å²) in [5.74, 6) is 3.47. The maximum absolute atomic E-state index is 6.03. The molecule has 0 aliphatic rings. The van der Waals surface area contributed by atoms with Gasteiger partial charge in [-0.15, -0.1) is 0 Å². The average molecular weight is 316 g/mol. The molecule has 0 bridgehead atoms. The molecule has 23 heavy (non-hydrogen) atoms. The first-order valence-electron chi connectivity index (χ1n) is 8.76. The third kappa shape index (κ3) is 3.88. The normalized spacial score (nSPS) is 14.0. The molecule has 1 unspecified atom stereocenters. The van der Waals surface area contributed by atoms with E-state index < -0.39 is 0 Å². The quantitative estimate of drug-likeness (QED) is 0.681. The first-order chi connectivity index (χ1) is 10.6. The molecule has 2 aromatic heterocycles. The predicted octanol–water partition coefficient (Wildman–Crippen LogP) is 5.73. The van der Waals surface area contributed by atoms with Gasteiger partial charge in [0.1, 0.15) is 11.5 Å². The summed E-state index contributed by atoms with van der Waals surface area (Å²) in [5, 5.41) is 4.77. The molecular formula is C20H32N2O. The van der Waals surface area contributed by atoms with Gasteiger partial charge >= 0.3 is 0 Å². The van der Waals surface area contributed by atoms with Crippen LogP contribution in [0.3, 0.4) is 0 Å². The van der Waals surface area contributed by atoms with E-state index in [0.717, 1.165) is 17.9 Å². The Labute approximate surface area is 141 Å². The Bertz CT molecular complexity index is 646. The van der Waals surface area contributed by atoms with E-state index in [2.05, 4.69) is 66.7 Å². The summed E-state index contributed by atoms with van der Waals surface area (Å²) in [7, 11) is 2.04. The Kier molecular flexibility index (Phi) is 5.07. The fourth-order valence-corrected chi connectivity index (χ4v) is 3.27. The van der Waals surface area contributed by atoms with E-state index >= 15 is 0 Å². The van der Waals surface area contributed by atoms with Crippen LogP contribution in [-0.4, -0.2) is 9.78 Å². The van der Waals surface area contributed by atoms with E-state index in [0.29, 0.717) is 17.8 Å². The van der Waals surface area contributed by atoms with E-state index in [4.69, 9.17) is 9.52 Å². The van der Waals surface area contributed by atoms with Gasteiger partial charge in [-0.25, -0.2) is 0 Å². The Balaban J connectivity index is 2.17. The zero-order valence-electron chi connectivity index (χ0n) is 16.0. The molecule has 0 saturated heterocycles. The third-order valence-electron chi connectivity index (χ3n) is 4.72. The number of furan rings is 1. The van der Waals surface area contributed by atoms with Gasteiger partial charge in [-0.1, -0.05) is 48.5 Å². The van der Waals surface area contributed by atoms with Crippen molar-refractivity contribution in [2.45, 2.75) is 78.1 Å². The van der Waals surface area contributed by atoms with Gasteiger partial charge in [0.25, 0.3) is 0 Å². The number of rotatable bonds is 6. The monoisotopic (exact) mass is 316 g/mol. The van der Waals surface area contributed by atoms with Gasteiger partial charge < -0.3 is 4.42 Å². The van der Waals surface area contributed by atoms with Crippen molar-refractivity contribution in [2.75, 3.05) is 0 Å². The maximum Gasteiger partial charge on any atom is 0.107 e. The Morgan fingerprint density at radius 1 is 1.04 bits per heavy atom. The number of hydrogen-bond donors (Lipinski definition) is 0. The average Bonchev–Trinajstić information content (AvgIpc) is 3.04. The van der Waals surface area contributed by atoms with Crippen molar-refractivity contribution in [3.63, 3.8) is 0 Å². The number of hydrogen-bond acceptors (Lipinski definition) is 2. The fourth-order valence-electron chi connectivity index (χ4n) is 3.27. The predicted molar refractivity (Wildman–Crippen MR) is 96.2 cm³/mol. The molecule has 0 aromatic carbocycles. The molecule has 0 radical (unpaired) electrons. The molecule has 2 heterocycles. The van der Waals surface area contributed by atoms with Gasteiger partial charge in [-0.3, -0.25) is 4.68 Å². The van der Waals surface area contributed by atoms with Crippen LogP contribution in [-0.2, 0) is 12.5 Å². The lowest BCUT2D eigenvalue weighted by Crippen LogP contribution is -2.21. The van der Waals surface area contributed by atoms with Crippen LogP contribution >= 0.6 is 0 Å². The van der Waals surface area contributed by atoms with Crippen LogP contribution in [0.4, 0.5) is 0 Å². The second-order valence-electron chi connectivity index (χ2n) is 8.12. The highest BCUT2D eigenvalue weighted by molar-refractivity contribution is 5.22. The van der Waals surface area contributed by atoms with Gasteiger partial charge in [-0.05, 0) is 30.5 Å². The molecule has 1 atom stereocenters. The number of aryl methyl sites for hydroxylation is 1. The molecule has 128 valence electrons. The molecule has 2 aromatic rings. The van der Waals surface area contributed by atoms with Crippen LogP contribution in [0.5, 0.6) is 0 Å². The zero-order chi connectivity index (χ0) is 17.4. The lowest BCUT2D eigenvalue weighted by molar-refractivity contribution is 0.364. The smallest absolute Gasteiger partial charge is 0.107 e. The van der Waals surface area contributed by atoms with E-state index in [1.54, 1.807) is 0 Å². The fraction of sp³-hybridized carbons (Fsp3) is 0.650. The van der Waals surface area contributed by atoms with Crippen molar-refractivity contribution < 1.29 is 4.42 Å². The molecule has 2 rings (SSSR count). The molecular weight excluding hydrogens is 284 g/mol. The van der Waals surface area contributed by atoms with Gasteiger partial charge in [0.15, 0.2) is 0 Å². The molecule has 0 aliphatic heterocycles. The summed E-state index contributed by atoms with van der Waals surface area (Å²) in [6, 6.07) is 6.51. The SMILES string of the molecule is CC(C)c1ccc(C(C)CC(C)(C)c2cc(C(C)C)n(C)n2)o1. The summed E-state index contributed by atoms with van der Waals surface area (Å²) in [5.41, 5.74) is 2.49. The lowest BCUT2D eigenvalue weighted by Gasteiger charge is -2.25. The van der Waals surface area contributed by atoms with Crippen LogP contribution in [0.2, 0.25) is 0 Å². The highest BCUT2D eigenvalue weighted by atomic mass is 16.3. The van der Waals surface area contributed by atoms with Crippen LogP contribution in [0.15, 0.2) is 22.6 Å². The summed E-state index contributed by atoms with van der Waals surface area (Å²) in [4.78, 5) is 0. The van der Waals surface area contributed by atoms with E-state index in [1.165, 1.54) is 11.4 Å². The van der Waals surface area contributed by atoms with E-state index in [9.17, 15) is 0 Å². The molecule has 0 fully saturated rings. The molecule has 0 amide bonds. The van der Waals surface area contributed by atoms with E-state index in [1.807, 2.05) is 11.7 Å². The zero-order valence-corrected chi connectivity index (χ0v) is 16.0. The lowest BCUT2D eigenvalue weighted by atomic mass is 9.79. The Hall–Kier alpha value is -1.51. The summed E-state index contributed by atoms with van der Waals surface area (Å²) < 4.78 is 8.05. The minimum atomic E-state index is 0.0229. The molecule has 0 spiro atoms. The van der Waals surface area contributed by atoms with Crippen LogP contribution in [0.1, 0.15) is 95.5 Å². The summed E-state index contributed by atoms with van der Waals surface area (Å²) in [6.07, 6.45) is 1.02. The largest absolute Gasteiger partial charge is 0.466 e. The highest BCUT2D eigenvalue weighted by Crippen LogP contribution is 2.36. The second kappa shape index (κ2) is 6.54. The second-order valence-corrected chi connectivity index (χ2v) is 8.12. The standard InChI is InChI=1S/C20H32N2O/c1-13(2)16-11-19(21-22(16)8)20(6,7)12-15(5)18-10-9-17(23-18)14(3)4/h9-11,13-15H,12H2,1-8H3. The molecule has 3 heteroatoms. The molecule has 0 N–H and O–H groups in total. The Morgan fingerprint density at radius 3 is 2.13 bits per heavy atom. The number of nitrogens with zero attached hydrogens (tertiary/aromatic N) is 2. The van der Waals surface area contributed by atoms with Crippen molar-refractivity contribution in [2.24, 2.45) is 7.05 Å². The van der Waals surface area contributed by atoms with Crippen molar-refractivity contribution in [3.8, 4) is 0 Å². The molecule has 3 nitrogen and oxygen atoms in total.